The van der Waals surface area contributed by atoms with Gasteiger partial charge in [0.15, 0.2) is 0 Å². The summed E-state index contributed by atoms with van der Waals surface area (Å²) < 4.78 is 0. The van der Waals surface area contributed by atoms with Crippen LogP contribution < -0.4 is 5.73 Å². The lowest BCUT2D eigenvalue weighted by Gasteiger charge is -2.46. The van der Waals surface area contributed by atoms with E-state index in [0.29, 0.717) is 18.4 Å². The number of H-pyrrole nitrogens is 1. The summed E-state index contributed by atoms with van der Waals surface area (Å²) >= 11 is 1.80. The number of rotatable bonds is 5. The Balaban J connectivity index is 1.50. The molecule has 2 heterocycles. The number of aromatic nitrogens is 1. The van der Waals surface area contributed by atoms with E-state index >= 15 is 0 Å². The Labute approximate surface area is 186 Å². The smallest absolute Gasteiger partial charge is 0.234 e. The number of benzene rings is 2. The molecule has 2 aliphatic rings. The van der Waals surface area contributed by atoms with Gasteiger partial charge in [0.05, 0.1) is 11.1 Å². The summed E-state index contributed by atoms with van der Waals surface area (Å²) in [6, 6.07) is 19.6. The molecular weight excluding hydrogens is 404 g/mol. The Morgan fingerprint density at radius 3 is 2.84 bits per heavy atom. The van der Waals surface area contributed by atoms with E-state index in [4.69, 9.17) is 5.73 Å². The lowest BCUT2D eigenvalue weighted by molar-refractivity contribution is -0.120. The fourth-order valence-corrected chi connectivity index (χ4v) is 6.54. The summed E-state index contributed by atoms with van der Waals surface area (Å²) in [4.78, 5) is 19.0. The fourth-order valence-electron chi connectivity index (χ4n) is 5.54. The van der Waals surface area contributed by atoms with Crippen LogP contribution in [-0.4, -0.2) is 35.4 Å². The zero-order valence-electron chi connectivity index (χ0n) is 17.5. The molecule has 6 heteroatoms. The topological polar surface area (TPSA) is 85.9 Å². The van der Waals surface area contributed by atoms with Crippen LogP contribution in [0.2, 0.25) is 0 Å². The maximum Gasteiger partial charge on any atom is 0.234 e. The Morgan fingerprint density at radius 2 is 2.10 bits per heavy atom. The molecular formula is C25H26N4OS. The van der Waals surface area contributed by atoms with E-state index < -0.39 is 11.8 Å². The van der Waals surface area contributed by atoms with Crippen LogP contribution in [0.3, 0.4) is 0 Å². The SMILES string of the molecule is CN1CC(CC(C#N)C(N)=O)C[C@@H]2c3cccc4[nH]c(Sc5ccccc5)c(c34)C[C@H]21. The summed E-state index contributed by atoms with van der Waals surface area (Å²) in [6.07, 6.45) is 2.55. The second-order valence-electron chi connectivity index (χ2n) is 8.86. The van der Waals surface area contributed by atoms with Gasteiger partial charge in [-0.1, -0.05) is 42.1 Å². The van der Waals surface area contributed by atoms with Crippen LogP contribution in [0.4, 0.5) is 0 Å². The lowest BCUT2D eigenvalue weighted by atomic mass is 9.71. The number of nitrogens with one attached hydrogen (secondary N) is 1. The molecule has 1 saturated heterocycles. The van der Waals surface area contributed by atoms with Gasteiger partial charge in [-0.05, 0) is 61.6 Å². The minimum atomic E-state index is -0.703. The maximum atomic E-state index is 11.6. The first-order chi connectivity index (χ1) is 15.0. The molecule has 0 spiro atoms. The molecule has 1 aliphatic heterocycles. The van der Waals surface area contributed by atoms with Gasteiger partial charge in [0.25, 0.3) is 0 Å². The average molecular weight is 431 g/mol. The number of aromatic amines is 1. The van der Waals surface area contributed by atoms with Gasteiger partial charge in [0.2, 0.25) is 5.91 Å². The van der Waals surface area contributed by atoms with Crippen LogP contribution in [-0.2, 0) is 11.2 Å². The van der Waals surface area contributed by atoms with Crippen molar-refractivity contribution in [2.75, 3.05) is 13.6 Å². The molecule has 31 heavy (non-hydrogen) atoms. The summed E-state index contributed by atoms with van der Waals surface area (Å²) in [5.41, 5.74) is 9.44. The first-order valence-electron chi connectivity index (χ1n) is 10.8. The second-order valence-corrected chi connectivity index (χ2v) is 9.94. The highest BCUT2D eigenvalue weighted by atomic mass is 32.2. The Morgan fingerprint density at radius 1 is 1.29 bits per heavy atom. The summed E-state index contributed by atoms with van der Waals surface area (Å²) in [5.74, 6) is -0.519. The number of piperidine rings is 1. The Kier molecular flexibility index (Phi) is 5.25. The highest BCUT2D eigenvalue weighted by Crippen LogP contribution is 2.48. The standard InChI is InChI=1S/C25H26N4OS/c1-29-14-15(10-16(13-26)24(27)30)11-19-18-8-5-9-21-23(18)20(12-22(19)29)25(28-21)31-17-6-3-2-4-7-17/h2-9,15-16,19,22,28H,10-12,14H2,1H3,(H2,27,30)/t15?,16?,19-,22-/m1/s1. The summed E-state index contributed by atoms with van der Waals surface area (Å²) in [5, 5.41) is 11.9. The van der Waals surface area contributed by atoms with Crippen molar-refractivity contribution in [3.8, 4) is 6.07 Å². The molecule has 3 N–H and O–H groups in total. The van der Waals surface area contributed by atoms with E-state index in [2.05, 4.69) is 65.5 Å². The predicted octanol–water partition coefficient (Wildman–Crippen LogP) is 4.29. The Hall–Kier alpha value is -2.75. The van der Waals surface area contributed by atoms with Crippen LogP contribution in [0, 0.1) is 23.2 Å². The predicted molar refractivity (Wildman–Crippen MR) is 123 cm³/mol. The van der Waals surface area contributed by atoms with Crippen molar-refractivity contribution in [1.29, 1.82) is 5.26 Å². The zero-order valence-corrected chi connectivity index (χ0v) is 18.4. The number of nitrogens with two attached hydrogens (primary N) is 1. The first-order valence-corrected chi connectivity index (χ1v) is 11.6. The molecule has 5 nitrogen and oxygen atoms in total. The van der Waals surface area contributed by atoms with Crippen molar-refractivity contribution in [1.82, 2.24) is 9.88 Å². The van der Waals surface area contributed by atoms with Gasteiger partial charge in [0, 0.05) is 34.3 Å². The maximum absolute atomic E-state index is 11.6. The molecule has 5 rings (SSSR count). The van der Waals surface area contributed by atoms with Gasteiger partial charge in [0.1, 0.15) is 5.92 Å². The zero-order chi connectivity index (χ0) is 21.5. The van der Waals surface area contributed by atoms with Crippen LogP contribution in [0.5, 0.6) is 0 Å². The monoisotopic (exact) mass is 430 g/mol. The number of hydrogen-bond donors (Lipinski definition) is 2. The molecule has 0 saturated carbocycles. The quantitative estimate of drug-likeness (QED) is 0.632. The molecule has 0 bridgehead atoms. The number of likely N-dealkylation sites (tertiary alicyclic amines) is 1. The van der Waals surface area contributed by atoms with Gasteiger partial charge >= 0.3 is 0 Å². The van der Waals surface area contributed by atoms with Crippen LogP contribution in [0.1, 0.15) is 29.9 Å². The number of carbonyl (C=O) groups is 1. The molecule has 0 radical (unpaired) electrons. The molecule has 4 atom stereocenters. The second kappa shape index (κ2) is 8.07. The van der Waals surface area contributed by atoms with Crippen LogP contribution in [0.15, 0.2) is 58.5 Å². The molecule has 1 aliphatic carbocycles. The molecule has 2 aromatic carbocycles. The van der Waals surface area contributed by atoms with Crippen LogP contribution in [0.25, 0.3) is 10.9 Å². The van der Waals surface area contributed by atoms with Gasteiger partial charge in [-0.25, -0.2) is 0 Å². The minimum Gasteiger partial charge on any atom is -0.369 e. The lowest BCUT2D eigenvalue weighted by Crippen LogP contribution is -2.48. The van der Waals surface area contributed by atoms with Gasteiger partial charge in [-0.2, -0.15) is 5.26 Å². The number of carbonyl (C=O) groups excluding carboxylic acids is 1. The van der Waals surface area contributed by atoms with E-state index in [9.17, 15) is 10.1 Å². The summed E-state index contributed by atoms with van der Waals surface area (Å²) in [6.45, 7) is 0.892. The first kappa shape index (κ1) is 20.2. The third kappa shape index (κ3) is 3.62. The van der Waals surface area contributed by atoms with Crippen molar-refractivity contribution >= 4 is 28.6 Å². The number of amides is 1. The average Bonchev–Trinajstić information content (AvgIpc) is 3.11. The number of primary amides is 1. The third-order valence-electron chi connectivity index (χ3n) is 6.93. The molecule has 3 aromatic rings. The van der Waals surface area contributed by atoms with E-state index in [1.807, 2.05) is 6.07 Å². The van der Waals surface area contributed by atoms with Gasteiger partial charge < -0.3 is 15.6 Å². The highest BCUT2D eigenvalue weighted by molar-refractivity contribution is 7.99. The number of fused-ring (bicyclic) bond motifs is 2. The molecule has 1 amide bonds. The number of hydrogen-bond acceptors (Lipinski definition) is 4. The number of likely N-dealkylation sites (N-methyl/N-ethyl adjacent to an activating group) is 1. The van der Waals surface area contributed by atoms with E-state index in [0.717, 1.165) is 19.4 Å². The molecule has 1 aromatic heterocycles. The van der Waals surface area contributed by atoms with Crippen molar-refractivity contribution in [3.05, 3.63) is 59.7 Å². The molecule has 158 valence electrons. The van der Waals surface area contributed by atoms with Crippen molar-refractivity contribution < 1.29 is 4.79 Å². The van der Waals surface area contributed by atoms with E-state index in [-0.39, 0.29) is 5.92 Å². The number of nitriles is 1. The Bertz CT molecular complexity index is 1170. The number of nitrogens with zero attached hydrogens (tertiary/aromatic N) is 2. The largest absolute Gasteiger partial charge is 0.369 e. The highest BCUT2D eigenvalue weighted by Gasteiger charge is 2.41. The van der Waals surface area contributed by atoms with Crippen molar-refractivity contribution in [2.24, 2.45) is 17.6 Å². The normalized spacial score (nSPS) is 23.8. The molecule has 2 unspecified atom stereocenters. The summed E-state index contributed by atoms with van der Waals surface area (Å²) in [7, 11) is 2.18. The van der Waals surface area contributed by atoms with Gasteiger partial charge in [-0.3, -0.25) is 4.79 Å². The van der Waals surface area contributed by atoms with Gasteiger partial charge in [-0.15, -0.1) is 0 Å². The fraction of sp³-hybridized carbons (Fsp3) is 0.360. The van der Waals surface area contributed by atoms with E-state index in [1.165, 1.54) is 32.0 Å². The van der Waals surface area contributed by atoms with Crippen LogP contribution >= 0.6 is 11.8 Å². The van der Waals surface area contributed by atoms with Crippen molar-refractivity contribution in [2.45, 2.75) is 41.1 Å². The minimum absolute atomic E-state index is 0.289. The van der Waals surface area contributed by atoms with Crippen molar-refractivity contribution in [3.63, 3.8) is 0 Å². The third-order valence-corrected chi connectivity index (χ3v) is 7.99. The van der Waals surface area contributed by atoms with E-state index in [1.54, 1.807) is 11.8 Å². The molecule has 1 fully saturated rings.